The minimum atomic E-state index is 0.325. The lowest BCUT2D eigenvalue weighted by molar-refractivity contribution is -0.132. The smallest absolute Gasteiger partial charge is 0.226 e. The molecule has 0 aromatic carbocycles. The highest BCUT2D eigenvalue weighted by Gasteiger charge is 2.23. The summed E-state index contributed by atoms with van der Waals surface area (Å²) in [5.41, 5.74) is 3.22. The van der Waals surface area contributed by atoms with E-state index in [-0.39, 0.29) is 0 Å². The Morgan fingerprint density at radius 2 is 0.791 bits per heavy atom. The van der Waals surface area contributed by atoms with Crippen molar-refractivity contribution in [3.63, 3.8) is 0 Å². The minimum absolute atomic E-state index is 0.325. The Bertz CT molecular complexity index is 1130. The third kappa shape index (κ3) is 41.0. The highest BCUT2D eigenvalue weighted by atomic mass is 16.2. The fraction of sp³-hybridized carbons (Fsp3) is 0.905. The van der Waals surface area contributed by atoms with Crippen LogP contribution in [0.25, 0.3) is 0 Å². The van der Waals surface area contributed by atoms with Gasteiger partial charge >= 0.3 is 0 Å². The Morgan fingerprint density at radius 3 is 1.22 bits per heavy atom. The zero-order valence-corrected chi connectivity index (χ0v) is 46.5. The number of ketones is 1. The van der Waals surface area contributed by atoms with E-state index in [4.69, 9.17) is 0 Å². The summed E-state index contributed by atoms with van der Waals surface area (Å²) >= 11 is 0. The van der Waals surface area contributed by atoms with Crippen LogP contribution in [0.15, 0.2) is 23.3 Å². The number of rotatable bonds is 51. The van der Waals surface area contributed by atoms with Gasteiger partial charge in [0.1, 0.15) is 5.78 Å². The van der Waals surface area contributed by atoms with Crippen LogP contribution in [0.2, 0.25) is 0 Å². The van der Waals surface area contributed by atoms with Crippen molar-refractivity contribution in [2.75, 3.05) is 32.7 Å². The standard InChI is InChI=1S/C63H120N2O2/c1-6-11-16-21-26-30-35-39-44-59(43-38-33-28-23-18-13-8-3)48-50-63(67)65-56-52-61(53-57-65)47-49-62(66)58-64(54-42-37-32-25-20-15-10-5)55-51-60(45-40-34-29-24-19-14-9-4)46-41-36-31-27-22-17-12-7-2/h46,48,61H,6-45,47,49-58H2,1-5H3/b59-48+,60-46+. The quantitative estimate of drug-likeness (QED) is 0.0451. The van der Waals surface area contributed by atoms with Crippen LogP contribution in [0, 0.1) is 5.92 Å². The van der Waals surface area contributed by atoms with E-state index in [1.54, 1.807) is 11.1 Å². The monoisotopic (exact) mass is 937 g/mol. The molecule has 1 heterocycles. The van der Waals surface area contributed by atoms with E-state index in [2.05, 4.69) is 56.6 Å². The summed E-state index contributed by atoms with van der Waals surface area (Å²) in [5, 5.41) is 0. The van der Waals surface area contributed by atoms with Gasteiger partial charge in [0.15, 0.2) is 0 Å². The Morgan fingerprint density at radius 1 is 0.418 bits per heavy atom. The van der Waals surface area contributed by atoms with Crippen molar-refractivity contribution >= 4 is 11.7 Å². The molecule has 0 aliphatic carbocycles. The number of nitrogens with zero attached hydrogens (tertiary/aromatic N) is 2. The summed E-state index contributed by atoms with van der Waals surface area (Å²) in [6, 6.07) is 0. The molecule has 0 radical (unpaired) electrons. The highest BCUT2D eigenvalue weighted by Crippen LogP contribution is 2.25. The predicted molar refractivity (Wildman–Crippen MR) is 298 cm³/mol. The van der Waals surface area contributed by atoms with Crippen molar-refractivity contribution in [1.29, 1.82) is 0 Å². The number of Topliss-reactive ketones (excluding diaryl/α,β-unsaturated/α-hetero) is 1. The normalized spacial score (nSPS) is 14.0. The Balaban J connectivity index is 2.72. The van der Waals surface area contributed by atoms with E-state index in [0.717, 1.165) is 51.9 Å². The molecule has 1 rings (SSSR count). The van der Waals surface area contributed by atoms with E-state index in [9.17, 15) is 9.59 Å². The van der Waals surface area contributed by atoms with Crippen molar-refractivity contribution < 1.29 is 9.59 Å². The van der Waals surface area contributed by atoms with Crippen molar-refractivity contribution in [3.8, 4) is 0 Å². The molecule has 1 saturated heterocycles. The van der Waals surface area contributed by atoms with Crippen molar-refractivity contribution in [2.45, 2.75) is 330 Å². The third-order valence-corrected chi connectivity index (χ3v) is 15.4. The van der Waals surface area contributed by atoms with Crippen LogP contribution in [0.3, 0.4) is 0 Å². The maximum atomic E-state index is 13.7. The lowest BCUT2D eigenvalue weighted by Gasteiger charge is -2.32. The first-order chi connectivity index (χ1) is 33.0. The fourth-order valence-corrected chi connectivity index (χ4v) is 10.6. The second-order valence-corrected chi connectivity index (χ2v) is 21.9. The molecule has 0 aromatic rings. The molecule has 0 aromatic heterocycles. The zero-order chi connectivity index (χ0) is 48.5. The second-order valence-electron chi connectivity index (χ2n) is 21.9. The van der Waals surface area contributed by atoms with Gasteiger partial charge in [0.2, 0.25) is 5.91 Å². The first-order valence-electron chi connectivity index (χ1n) is 30.8. The summed E-state index contributed by atoms with van der Waals surface area (Å²) in [5.74, 6) is 1.33. The molecular formula is C63H120N2O2. The van der Waals surface area contributed by atoms with Gasteiger partial charge < -0.3 is 4.90 Å². The first kappa shape index (κ1) is 63.6. The van der Waals surface area contributed by atoms with Gasteiger partial charge in [-0.05, 0) is 95.9 Å². The Kier molecular flexibility index (Phi) is 47.0. The fourth-order valence-electron chi connectivity index (χ4n) is 10.6. The maximum Gasteiger partial charge on any atom is 0.226 e. The molecule has 1 fully saturated rings. The molecule has 1 amide bonds. The van der Waals surface area contributed by atoms with Crippen LogP contribution in [0.1, 0.15) is 330 Å². The number of allylic oxidation sites excluding steroid dienone is 2. The molecule has 0 N–H and O–H groups in total. The van der Waals surface area contributed by atoms with E-state index >= 15 is 0 Å². The van der Waals surface area contributed by atoms with Crippen LogP contribution in [0.4, 0.5) is 0 Å². The number of hydrogen-bond acceptors (Lipinski definition) is 3. The molecule has 67 heavy (non-hydrogen) atoms. The van der Waals surface area contributed by atoms with Crippen LogP contribution >= 0.6 is 0 Å². The molecule has 1 aliphatic heterocycles. The van der Waals surface area contributed by atoms with Crippen LogP contribution in [-0.4, -0.2) is 54.2 Å². The van der Waals surface area contributed by atoms with Crippen molar-refractivity contribution in [2.24, 2.45) is 5.92 Å². The number of unbranched alkanes of at least 4 members (excludes halogenated alkanes) is 32. The molecule has 0 spiro atoms. The molecule has 394 valence electrons. The van der Waals surface area contributed by atoms with E-state index in [0.29, 0.717) is 37.0 Å². The molecule has 0 bridgehead atoms. The topological polar surface area (TPSA) is 40.6 Å². The van der Waals surface area contributed by atoms with Gasteiger partial charge in [-0.3, -0.25) is 14.5 Å². The second kappa shape index (κ2) is 49.6. The lowest BCUT2D eigenvalue weighted by Crippen LogP contribution is -2.38. The summed E-state index contributed by atoms with van der Waals surface area (Å²) in [6.07, 6.45) is 64.0. The average molecular weight is 938 g/mol. The third-order valence-electron chi connectivity index (χ3n) is 15.4. The Hall–Kier alpha value is -1.42. The van der Waals surface area contributed by atoms with Crippen LogP contribution < -0.4 is 0 Å². The summed E-state index contributed by atoms with van der Waals surface area (Å²) in [6.45, 7) is 16.0. The number of carbonyl (C=O) groups excluding carboxylic acids is 2. The van der Waals surface area contributed by atoms with Gasteiger partial charge in [0, 0.05) is 32.5 Å². The summed E-state index contributed by atoms with van der Waals surface area (Å²) < 4.78 is 0. The molecule has 0 unspecified atom stereocenters. The highest BCUT2D eigenvalue weighted by molar-refractivity contribution is 5.80. The van der Waals surface area contributed by atoms with E-state index in [1.165, 1.54) is 257 Å². The van der Waals surface area contributed by atoms with Gasteiger partial charge in [0.25, 0.3) is 0 Å². The molecule has 1 aliphatic rings. The SMILES string of the molecule is CCCCCCCCC/C=C(\CCCCCCCCC)CCN(CCCCCCCCC)CC(=O)CCC1CCN(C(=O)C/C=C(\CCCCCCCCC)CCCCCCCCCC)CC1. The molecule has 0 saturated carbocycles. The van der Waals surface area contributed by atoms with Crippen LogP contribution in [-0.2, 0) is 9.59 Å². The predicted octanol–water partition coefficient (Wildman–Crippen LogP) is 20.2. The summed E-state index contributed by atoms with van der Waals surface area (Å²) in [4.78, 5) is 31.9. The van der Waals surface area contributed by atoms with E-state index in [1.807, 2.05) is 0 Å². The lowest BCUT2D eigenvalue weighted by atomic mass is 9.91. The number of amides is 1. The van der Waals surface area contributed by atoms with Crippen molar-refractivity contribution in [3.05, 3.63) is 23.3 Å². The number of hydrogen-bond donors (Lipinski definition) is 0. The minimum Gasteiger partial charge on any atom is -0.342 e. The van der Waals surface area contributed by atoms with Gasteiger partial charge in [-0.1, -0.05) is 257 Å². The molecule has 4 nitrogen and oxygen atoms in total. The van der Waals surface area contributed by atoms with Gasteiger partial charge in [0.05, 0.1) is 6.54 Å². The van der Waals surface area contributed by atoms with Crippen molar-refractivity contribution in [1.82, 2.24) is 9.80 Å². The summed E-state index contributed by atoms with van der Waals surface area (Å²) in [7, 11) is 0. The van der Waals surface area contributed by atoms with Gasteiger partial charge in [-0.25, -0.2) is 0 Å². The van der Waals surface area contributed by atoms with Gasteiger partial charge in [-0.2, -0.15) is 0 Å². The first-order valence-corrected chi connectivity index (χ1v) is 30.8. The van der Waals surface area contributed by atoms with Gasteiger partial charge in [-0.15, -0.1) is 0 Å². The average Bonchev–Trinajstić information content (AvgIpc) is 3.34. The number of piperidine rings is 1. The largest absolute Gasteiger partial charge is 0.342 e. The zero-order valence-electron chi connectivity index (χ0n) is 46.5. The maximum absolute atomic E-state index is 13.7. The molecule has 4 heteroatoms. The van der Waals surface area contributed by atoms with E-state index < -0.39 is 0 Å². The molecule has 0 atom stereocenters. The Labute approximate surface area is 421 Å². The number of likely N-dealkylation sites (tertiary alicyclic amines) is 1. The number of carbonyl (C=O) groups is 2. The van der Waals surface area contributed by atoms with Crippen LogP contribution in [0.5, 0.6) is 0 Å². The molecular weight excluding hydrogens is 817 g/mol.